The summed E-state index contributed by atoms with van der Waals surface area (Å²) < 4.78 is 7.83. The summed E-state index contributed by atoms with van der Waals surface area (Å²) in [5, 5.41) is 4.32. The Balaban J connectivity index is 1.92. The summed E-state index contributed by atoms with van der Waals surface area (Å²) in [6.45, 7) is 1.75. The average Bonchev–Trinajstić information content (AvgIpc) is 2.97. The Morgan fingerprint density at radius 1 is 1.30 bits per heavy atom. The Kier molecular flexibility index (Phi) is 4.49. The van der Waals surface area contributed by atoms with E-state index in [-0.39, 0.29) is 10.6 Å². The largest absolute Gasteiger partial charge is 0.409 e. The molecule has 2 aromatic heterocycles. The second-order valence-electron chi connectivity index (χ2n) is 4.91. The lowest BCUT2D eigenvalue weighted by atomic mass is 10.1. The fourth-order valence-electron chi connectivity index (χ4n) is 2.11. The van der Waals surface area contributed by atoms with Crippen LogP contribution in [0.4, 0.5) is 0 Å². The maximum atomic E-state index is 12.6. The van der Waals surface area contributed by atoms with E-state index in [2.05, 4.69) is 26.0 Å². The Hall–Kier alpha value is -2.12. The summed E-state index contributed by atoms with van der Waals surface area (Å²) in [5.74, 6) is 0.262. The summed E-state index contributed by atoms with van der Waals surface area (Å²) in [6, 6.07) is 10.2. The average molecular weight is 390 g/mol. The maximum Gasteiger partial charge on any atom is 0.287 e. The third-order valence-electron chi connectivity index (χ3n) is 3.35. The zero-order valence-electron chi connectivity index (χ0n) is 12.1. The summed E-state index contributed by atoms with van der Waals surface area (Å²) in [5.41, 5.74) is 1.30. The molecule has 23 heavy (non-hydrogen) atoms. The van der Waals surface area contributed by atoms with Gasteiger partial charge >= 0.3 is 0 Å². The van der Waals surface area contributed by atoms with Crippen LogP contribution in [0.15, 0.2) is 57.7 Å². The number of nitrogens with zero attached hydrogens (tertiary/aromatic N) is 3. The maximum absolute atomic E-state index is 12.6. The molecule has 0 spiro atoms. The summed E-state index contributed by atoms with van der Waals surface area (Å²) in [7, 11) is 0. The molecule has 0 aliphatic heterocycles. The van der Waals surface area contributed by atoms with Crippen LogP contribution in [-0.2, 0) is 0 Å². The summed E-state index contributed by atoms with van der Waals surface area (Å²) in [6.07, 6.45) is 3.29. The second-order valence-corrected chi connectivity index (χ2v) is 6.17. The van der Waals surface area contributed by atoms with Crippen molar-refractivity contribution in [1.82, 2.24) is 14.8 Å². The fraction of sp³-hybridized carbons (Fsp3) is 0.125. The van der Waals surface area contributed by atoms with E-state index in [1.807, 2.05) is 18.2 Å². The molecule has 116 valence electrons. The smallest absolute Gasteiger partial charge is 0.287 e. The first kappa shape index (κ1) is 15.8. The van der Waals surface area contributed by atoms with Crippen LogP contribution in [-0.4, -0.2) is 20.5 Å². The number of halogens is 1. The first-order valence-corrected chi connectivity index (χ1v) is 8.06. The fourth-order valence-corrected chi connectivity index (χ4v) is 2.65. The van der Waals surface area contributed by atoms with Crippen LogP contribution in [0.5, 0.6) is 0 Å². The number of hydrogen-bond acceptors (Lipinski definition) is 5. The molecule has 0 aliphatic rings. The highest BCUT2D eigenvalue weighted by molar-refractivity contribution is 9.10. The second kappa shape index (κ2) is 6.55. The molecule has 3 aromatic rings. The molecule has 3 rings (SSSR count). The van der Waals surface area contributed by atoms with E-state index < -0.39 is 6.04 Å². The Bertz CT molecular complexity index is 888. The molecule has 1 aromatic carbocycles. The van der Waals surface area contributed by atoms with Crippen molar-refractivity contribution < 1.29 is 9.21 Å². The van der Waals surface area contributed by atoms with Crippen molar-refractivity contribution in [2.45, 2.75) is 13.0 Å². The van der Waals surface area contributed by atoms with Gasteiger partial charge in [0.05, 0.1) is 5.56 Å². The SMILES string of the molecule is C[C@H](C(=O)c1ccc(Br)cc1)n1nc(-c2cccnc2)oc1=S. The minimum Gasteiger partial charge on any atom is -0.409 e. The van der Waals surface area contributed by atoms with Gasteiger partial charge in [0.15, 0.2) is 5.78 Å². The highest BCUT2D eigenvalue weighted by Gasteiger charge is 2.21. The van der Waals surface area contributed by atoms with Crippen LogP contribution in [0.1, 0.15) is 23.3 Å². The molecule has 0 saturated carbocycles. The zero-order chi connectivity index (χ0) is 16.4. The van der Waals surface area contributed by atoms with E-state index in [4.69, 9.17) is 16.6 Å². The summed E-state index contributed by atoms with van der Waals surface area (Å²) in [4.78, 5) is 16.8. The van der Waals surface area contributed by atoms with E-state index in [0.29, 0.717) is 17.0 Å². The van der Waals surface area contributed by atoms with Crippen molar-refractivity contribution in [3.63, 3.8) is 0 Å². The number of pyridine rings is 1. The van der Waals surface area contributed by atoms with Gasteiger partial charge in [0.25, 0.3) is 4.84 Å². The number of carbonyl (C=O) groups excluding carboxylic acids is 1. The number of benzene rings is 1. The summed E-state index contributed by atoms with van der Waals surface area (Å²) >= 11 is 8.54. The molecular weight excluding hydrogens is 378 g/mol. The van der Waals surface area contributed by atoms with Crippen molar-refractivity contribution in [3.8, 4) is 11.5 Å². The van der Waals surface area contributed by atoms with E-state index in [0.717, 1.165) is 4.47 Å². The quantitative estimate of drug-likeness (QED) is 0.486. The third-order valence-corrected chi connectivity index (χ3v) is 4.15. The van der Waals surface area contributed by atoms with Gasteiger partial charge in [-0.3, -0.25) is 9.78 Å². The molecule has 0 N–H and O–H groups in total. The van der Waals surface area contributed by atoms with E-state index in [1.54, 1.807) is 37.5 Å². The minimum absolute atomic E-state index is 0.0837. The van der Waals surface area contributed by atoms with Gasteiger partial charge in [0.1, 0.15) is 6.04 Å². The lowest BCUT2D eigenvalue weighted by Gasteiger charge is -2.09. The normalized spacial score (nSPS) is 12.1. The third kappa shape index (κ3) is 3.30. The Morgan fingerprint density at radius 2 is 2.04 bits per heavy atom. The Labute approximate surface area is 146 Å². The standard InChI is InChI=1S/C16H12BrN3O2S/c1-10(14(21)11-4-6-13(17)7-5-11)20-16(23)22-15(19-20)12-3-2-8-18-9-12/h2-10H,1H3/t10-/m1/s1. The monoisotopic (exact) mass is 389 g/mol. The van der Waals surface area contributed by atoms with E-state index >= 15 is 0 Å². The first-order chi connectivity index (χ1) is 11.1. The van der Waals surface area contributed by atoms with Gasteiger partial charge < -0.3 is 4.42 Å². The predicted octanol–water partition coefficient (Wildman–Crippen LogP) is 4.47. The van der Waals surface area contributed by atoms with Crippen LogP contribution in [0.2, 0.25) is 0 Å². The lowest BCUT2D eigenvalue weighted by Crippen LogP contribution is -2.18. The van der Waals surface area contributed by atoms with Crippen molar-refractivity contribution in [2.75, 3.05) is 0 Å². The van der Waals surface area contributed by atoms with Crippen LogP contribution in [0.3, 0.4) is 0 Å². The molecule has 0 aliphatic carbocycles. The van der Waals surface area contributed by atoms with Crippen LogP contribution >= 0.6 is 28.1 Å². The molecule has 0 saturated heterocycles. The number of rotatable bonds is 4. The van der Waals surface area contributed by atoms with Crippen molar-refractivity contribution in [1.29, 1.82) is 0 Å². The molecule has 5 nitrogen and oxygen atoms in total. The molecule has 0 fully saturated rings. The van der Waals surface area contributed by atoms with E-state index in [9.17, 15) is 4.79 Å². The van der Waals surface area contributed by atoms with Crippen LogP contribution in [0, 0.1) is 4.84 Å². The van der Waals surface area contributed by atoms with Gasteiger partial charge in [-0.1, -0.05) is 28.1 Å². The van der Waals surface area contributed by atoms with Gasteiger partial charge in [-0.05, 0) is 43.4 Å². The number of Topliss-reactive ketones (excluding diaryl/α,β-unsaturated/α-hetero) is 1. The predicted molar refractivity (Wildman–Crippen MR) is 91.7 cm³/mol. The zero-order valence-corrected chi connectivity index (χ0v) is 14.5. The minimum atomic E-state index is -0.558. The van der Waals surface area contributed by atoms with Crippen LogP contribution in [0.25, 0.3) is 11.5 Å². The molecule has 7 heteroatoms. The molecule has 0 amide bonds. The van der Waals surface area contributed by atoms with E-state index in [1.165, 1.54) is 4.68 Å². The number of aromatic nitrogens is 3. The van der Waals surface area contributed by atoms with Crippen molar-refractivity contribution >= 4 is 33.9 Å². The van der Waals surface area contributed by atoms with Crippen LogP contribution < -0.4 is 0 Å². The van der Waals surface area contributed by atoms with Gasteiger partial charge in [-0.25, -0.2) is 4.68 Å². The first-order valence-electron chi connectivity index (χ1n) is 6.86. The molecule has 0 unspecified atom stereocenters. The molecular formula is C16H12BrN3O2S. The lowest BCUT2D eigenvalue weighted by molar-refractivity contribution is 0.0925. The van der Waals surface area contributed by atoms with Crippen molar-refractivity contribution in [3.05, 3.63) is 63.7 Å². The van der Waals surface area contributed by atoms with Gasteiger partial charge in [0, 0.05) is 22.4 Å². The van der Waals surface area contributed by atoms with Gasteiger partial charge in [-0.15, -0.1) is 5.10 Å². The molecule has 0 radical (unpaired) electrons. The van der Waals surface area contributed by atoms with Gasteiger partial charge in [0.2, 0.25) is 5.89 Å². The molecule has 2 heterocycles. The Morgan fingerprint density at radius 3 is 2.70 bits per heavy atom. The highest BCUT2D eigenvalue weighted by atomic mass is 79.9. The number of carbonyl (C=O) groups is 1. The number of hydrogen-bond donors (Lipinski definition) is 0. The molecule has 1 atom stereocenters. The highest BCUT2D eigenvalue weighted by Crippen LogP contribution is 2.21. The molecule has 0 bridgehead atoms. The van der Waals surface area contributed by atoms with Crippen molar-refractivity contribution in [2.24, 2.45) is 0 Å². The van der Waals surface area contributed by atoms with Gasteiger partial charge in [-0.2, -0.15) is 0 Å². The number of ketones is 1. The topological polar surface area (TPSA) is 60.9 Å².